The smallest absolute Gasteiger partial charge is 0.145 e. The minimum absolute atomic E-state index is 0.0316. The van der Waals surface area contributed by atoms with Crippen molar-refractivity contribution in [2.75, 3.05) is 14.1 Å². The van der Waals surface area contributed by atoms with Crippen LogP contribution in [-0.4, -0.2) is 36.0 Å². The van der Waals surface area contributed by atoms with Crippen molar-refractivity contribution in [3.05, 3.63) is 34.4 Å². The highest BCUT2D eigenvalue weighted by molar-refractivity contribution is 6.14. The zero-order valence-corrected chi connectivity index (χ0v) is 19.6. The molecule has 1 aromatic carbocycles. The van der Waals surface area contributed by atoms with Gasteiger partial charge in [0.2, 0.25) is 0 Å². The molecule has 0 radical (unpaired) electrons. The summed E-state index contributed by atoms with van der Waals surface area (Å²) in [5.74, 6) is 2.93. The topological polar surface area (TPSA) is 32.7 Å². The third kappa shape index (κ3) is 3.57. The summed E-state index contributed by atoms with van der Waals surface area (Å²) in [5.41, 5.74) is 6.23. The van der Waals surface area contributed by atoms with Crippen molar-refractivity contribution in [3.8, 4) is 0 Å². The number of fused-ring (bicyclic) bond motifs is 1. The maximum atomic E-state index is 13.8. The average molecular weight is 407 g/mol. The van der Waals surface area contributed by atoms with Gasteiger partial charge in [-0.25, -0.2) is 0 Å². The van der Waals surface area contributed by atoms with Crippen molar-refractivity contribution in [3.63, 3.8) is 0 Å². The molecule has 4 fully saturated rings. The summed E-state index contributed by atoms with van der Waals surface area (Å²) in [6.45, 7) is 7.58. The molecule has 0 unspecified atom stereocenters. The van der Waals surface area contributed by atoms with Gasteiger partial charge in [-0.3, -0.25) is 9.79 Å². The Morgan fingerprint density at radius 2 is 1.67 bits per heavy atom. The van der Waals surface area contributed by atoms with E-state index in [-0.39, 0.29) is 11.0 Å². The third-order valence-corrected chi connectivity index (χ3v) is 8.38. The Balaban J connectivity index is 1.47. The molecule has 3 nitrogen and oxygen atoms in total. The molecular weight excluding hydrogens is 368 g/mol. The average Bonchev–Trinajstić information content (AvgIpc) is 2.60. The molecule has 0 amide bonds. The summed E-state index contributed by atoms with van der Waals surface area (Å²) in [6, 6.07) is 4.70. The van der Waals surface area contributed by atoms with E-state index in [2.05, 4.69) is 51.9 Å². The van der Waals surface area contributed by atoms with Gasteiger partial charge in [-0.1, -0.05) is 6.07 Å². The first-order valence-corrected chi connectivity index (χ1v) is 12.0. The molecule has 3 heteroatoms. The minimum Gasteiger partial charge on any atom is -0.305 e. The Labute approximate surface area is 182 Å². The van der Waals surface area contributed by atoms with Crippen LogP contribution in [0.15, 0.2) is 17.1 Å². The second-order valence-corrected chi connectivity index (χ2v) is 12.0. The van der Waals surface area contributed by atoms with E-state index in [4.69, 9.17) is 4.99 Å². The summed E-state index contributed by atoms with van der Waals surface area (Å²) in [6.07, 6.45) is 9.11. The van der Waals surface area contributed by atoms with Gasteiger partial charge < -0.3 is 4.90 Å². The summed E-state index contributed by atoms with van der Waals surface area (Å²) in [7, 11) is 4.24. The monoisotopic (exact) mass is 406 g/mol. The van der Waals surface area contributed by atoms with Gasteiger partial charge in [0.05, 0.1) is 11.3 Å². The van der Waals surface area contributed by atoms with Crippen LogP contribution in [0.2, 0.25) is 0 Å². The van der Waals surface area contributed by atoms with Crippen LogP contribution in [0, 0.1) is 30.1 Å². The number of carbonyl (C=O) groups is 1. The van der Waals surface area contributed by atoms with E-state index in [0.717, 1.165) is 55.7 Å². The van der Waals surface area contributed by atoms with Crippen LogP contribution in [-0.2, 0) is 17.8 Å². The van der Waals surface area contributed by atoms with Crippen LogP contribution in [0.1, 0.15) is 81.0 Å². The lowest BCUT2D eigenvalue weighted by atomic mass is 9.48. The molecule has 4 saturated carbocycles. The maximum Gasteiger partial charge on any atom is 0.145 e. The molecule has 1 aliphatic heterocycles. The summed E-state index contributed by atoms with van der Waals surface area (Å²) in [5, 5.41) is 0. The zero-order valence-electron chi connectivity index (χ0n) is 19.6. The van der Waals surface area contributed by atoms with Crippen molar-refractivity contribution in [1.82, 2.24) is 4.90 Å². The molecule has 30 heavy (non-hydrogen) atoms. The Morgan fingerprint density at radius 3 is 2.23 bits per heavy atom. The van der Waals surface area contributed by atoms with Gasteiger partial charge in [0.1, 0.15) is 5.78 Å². The normalized spacial score (nSPS) is 33.5. The van der Waals surface area contributed by atoms with Gasteiger partial charge >= 0.3 is 0 Å². The maximum absolute atomic E-state index is 13.8. The van der Waals surface area contributed by atoms with Crippen LogP contribution >= 0.6 is 0 Å². The van der Waals surface area contributed by atoms with Gasteiger partial charge in [-0.15, -0.1) is 0 Å². The predicted molar refractivity (Wildman–Crippen MR) is 123 cm³/mol. The summed E-state index contributed by atoms with van der Waals surface area (Å²) in [4.78, 5) is 21.2. The number of aryl methyl sites for hydroxylation is 1. The number of Topliss-reactive ketones (excluding diaryl/α,β-unsaturated/α-hetero) is 1. The predicted octanol–water partition coefficient (Wildman–Crippen LogP) is 5.36. The highest BCUT2D eigenvalue weighted by Gasteiger charge is 2.54. The number of rotatable bonds is 5. The zero-order chi connectivity index (χ0) is 21.3. The molecule has 1 heterocycles. The number of hydrogen-bond donors (Lipinski definition) is 0. The molecule has 162 valence electrons. The lowest BCUT2D eigenvalue weighted by molar-refractivity contribution is -0.142. The molecule has 1 aromatic rings. The van der Waals surface area contributed by atoms with Crippen molar-refractivity contribution < 1.29 is 4.79 Å². The first-order chi connectivity index (χ1) is 14.1. The molecule has 0 N–H and O–H groups in total. The van der Waals surface area contributed by atoms with Gasteiger partial charge in [0.15, 0.2) is 0 Å². The SMILES string of the molecule is Cc1cc2c(cc1CN(C)C)C(CC(=O)C13CC4CC(CC(C4)C1)C3)=NC(C)(C)C2. The minimum atomic E-state index is -0.125. The van der Waals surface area contributed by atoms with E-state index in [9.17, 15) is 4.79 Å². The first-order valence-electron chi connectivity index (χ1n) is 12.0. The van der Waals surface area contributed by atoms with Crippen molar-refractivity contribution in [2.45, 2.75) is 84.2 Å². The van der Waals surface area contributed by atoms with E-state index in [1.807, 2.05) is 0 Å². The van der Waals surface area contributed by atoms with Crippen molar-refractivity contribution in [2.24, 2.45) is 28.2 Å². The largest absolute Gasteiger partial charge is 0.305 e. The fraction of sp³-hybridized carbons (Fsp3) is 0.704. The molecule has 6 rings (SSSR count). The standard InChI is InChI=1S/C27H38N2O/c1-17-6-21-15-26(2,3)28-24(23(21)10-22(17)16-29(4)5)11-25(30)27-12-18-7-19(13-27)9-20(8-18)14-27/h6,10,18-20H,7-9,11-16H2,1-5H3. The lowest BCUT2D eigenvalue weighted by Crippen LogP contribution is -2.50. The van der Waals surface area contributed by atoms with Crippen molar-refractivity contribution in [1.29, 1.82) is 0 Å². The quantitative estimate of drug-likeness (QED) is 0.660. The molecule has 0 aromatic heterocycles. The van der Waals surface area contributed by atoms with E-state index < -0.39 is 0 Å². The lowest BCUT2D eigenvalue weighted by Gasteiger charge is -2.56. The number of hydrogen-bond acceptors (Lipinski definition) is 3. The number of ketones is 1. The second kappa shape index (κ2) is 7.02. The fourth-order valence-corrected chi connectivity index (χ4v) is 7.60. The van der Waals surface area contributed by atoms with Crippen LogP contribution in [0.3, 0.4) is 0 Å². The van der Waals surface area contributed by atoms with E-state index in [1.54, 1.807) is 0 Å². The summed E-state index contributed by atoms with van der Waals surface area (Å²) >= 11 is 0. The van der Waals surface area contributed by atoms with Gasteiger partial charge in [-0.2, -0.15) is 0 Å². The molecule has 0 saturated heterocycles. The van der Waals surface area contributed by atoms with E-state index in [1.165, 1.54) is 41.5 Å². The third-order valence-electron chi connectivity index (χ3n) is 8.38. The first kappa shape index (κ1) is 20.4. The number of benzene rings is 1. The number of carbonyl (C=O) groups excluding carboxylic acids is 1. The Kier molecular flexibility index (Phi) is 4.78. The highest BCUT2D eigenvalue weighted by Crippen LogP contribution is 2.60. The second-order valence-electron chi connectivity index (χ2n) is 12.0. The molecular formula is C27H38N2O. The van der Waals surface area contributed by atoms with E-state index in [0.29, 0.717) is 12.2 Å². The molecule has 0 spiro atoms. The van der Waals surface area contributed by atoms with Crippen LogP contribution < -0.4 is 0 Å². The van der Waals surface area contributed by atoms with Crippen molar-refractivity contribution >= 4 is 11.5 Å². The Morgan fingerprint density at radius 1 is 1.07 bits per heavy atom. The molecule has 4 bridgehead atoms. The van der Waals surface area contributed by atoms with Crippen LogP contribution in [0.25, 0.3) is 0 Å². The molecule has 5 aliphatic rings. The van der Waals surface area contributed by atoms with Gasteiger partial charge in [0, 0.05) is 18.4 Å². The van der Waals surface area contributed by atoms with Crippen LogP contribution in [0.5, 0.6) is 0 Å². The Hall–Kier alpha value is -1.48. The number of aliphatic imine (C=N–C) groups is 1. The van der Waals surface area contributed by atoms with Crippen LogP contribution in [0.4, 0.5) is 0 Å². The van der Waals surface area contributed by atoms with E-state index >= 15 is 0 Å². The fourth-order valence-electron chi connectivity index (χ4n) is 7.60. The number of nitrogens with zero attached hydrogens (tertiary/aromatic N) is 2. The molecule has 4 aliphatic carbocycles. The molecule has 0 atom stereocenters. The van der Waals surface area contributed by atoms with Gasteiger partial charge in [-0.05, 0) is 126 Å². The highest BCUT2D eigenvalue weighted by atomic mass is 16.1. The summed E-state index contributed by atoms with van der Waals surface area (Å²) < 4.78 is 0. The van der Waals surface area contributed by atoms with Gasteiger partial charge in [0.25, 0.3) is 0 Å². The Bertz CT molecular complexity index is 872.